The van der Waals surface area contributed by atoms with E-state index in [4.69, 9.17) is 14.3 Å². The highest BCUT2D eigenvalue weighted by atomic mass is 32.5. The van der Waals surface area contributed by atoms with Crippen molar-refractivity contribution >= 4 is 18.5 Å². The molecule has 0 saturated carbocycles. The summed E-state index contributed by atoms with van der Waals surface area (Å²) >= 11 is 4.36. The van der Waals surface area contributed by atoms with Crippen molar-refractivity contribution in [1.82, 2.24) is 0 Å². The number of unbranched alkanes of at least 4 members (excludes halogenated alkanes) is 8. The summed E-state index contributed by atoms with van der Waals surface area (Å²) < 4.78 is 4.75. The lowest BCUT2D eigenvalue weighted by Crippen LogP contribution is -1.91. The van der Waals surface area contributed by atoms with Crippen LogP contribution in [0.25, 0.3) is 0 Å². The maximum absolute atomic E-state index is 8.85. The van der Waals surface area contributed by atoms with Crippen molar-refractivity contribution in [2.24, 2.45) is 0 Å². The van der Waals surface area contributed by atoms with Crippen LogP contribution in [-0.2, 0) is 16.3 Å². The molecule has 0 aliphatic heterocycles. The number of allylic oxidation sites excluding steroid dienone is 2. The zero-order valence-electron chi connectivity index (χ0n) is 12.1. The Morgan fingerprint density at radius 3 is 2.00 bits per heavy atom. The minimum Gasteiger partial charge on any atom is -0.325 e. The lowest BCUT2D eigenvalue weighted by Gasteiger charge is -2.07. The fourth-order valence-corrected chi connectivity index (χ4v) is 2.40. The maximum atomic E-state index is 8.85. The first kappa shape index (κ1) is 19.3. The molecule has 0 spiro atoms. The van der Waals surface area contributed by atoms with Crippen LogP contribution in [0.5, 0.6) is 0 Å². The molecule has 0 unspecified atom stereocenters. The lowest BCUT2D eigenvalue weighted by molar-refractivity contribution is 0.245. The van der Waals surface area contributed by atoms with Crippen molar-refractivity contribution in [3.8, 4) is 0 Å². The largest absolute Gasteiger partial charge is 0.325 e. The fourth-order valence-electron chi connectivity index (χ4n) is 1.81. The zero-order valence-corrected chi connectivity index (χ0v) is 13.8. The first-order chi connectivity index (χ1) is 9.06. The quantitative estimate of drug-likeness (QED) is 0.294. The van der Waals surface area contributed by atoms with Crippen LogP contribution in [0, 0.1) is 0 Å². The molecule has 114 valence electrons. The molecule has 0 rings (SSSR count). The molecule has 2 N–H and O–H groups in total. The SMILES string of the molecule is CCCCC=CCCCCCCCCOP(O)(O)=S. The fraction of sp³-hybridized carbons (Fsp3) is 0.857. The van der Waals surface area contributed by atoms with Gasteiger partial charge in [-0.2, -0.15) is 0 Å². The van der Waals surface area contributed by atoms with Gasteiger partial charge in [-0.1, -0.05) is 57.6 Å². The van der Waals surface area contributed by atoms with E-state index in [1.54, 1.807) is 0 Å². The van der Waals surface area contributed by atoms with E-state index in [-0.39, 0.29) is 0 Å². The molecule has 0 radical (unpaired) electrons. The summed E-state index contributed by atoms with van der Waals surface area (Å²) in [6.07, 6.45) is 16.5. The average Bonchev–Trinajstić information content (AvgIpc) is 2.34. The van der Waals surface area contributed by atoms with E-state index in [1.165, 1.54) is 51.4 Å². The maximum Gasteiger partial charge on any atom is 0.321 e. The topological polar surface area (TPSA) is 49.7 Å². The Bertz CT molecular complexity index is 263. The molecule has 0 aromatic heterocycles. The summed E-state index contributed by atoms with van der Waals surface area (Å²) in [6, 6.07) is 0. The summed E-state index contributed by atoms with van der Waals surface area (Å²) in [5.41, 5.74) is 0. The van der Waals surface area contributed by atoms with Crippen LogP contribution in [0.3, 0.4) is 0 Å². The third-order valence-corrected chi connectivity index (χ3v) is 3.75. The third-order valence-electron chi connectivity index (χ3n) is 2.92. The molecule has 0 aliphatic carbocycles. The van der Waals surface area contributed by atoms with Crippen molar-refractivity contribution in [2.45, 2.75) is 71.1 Å². The van der Waals surface area contributed by atoms with E-state index in [2.05, 4.69) is 30.9 Å². The van der Waals surface area contributed by atoms with Crippen LogP contribution in [0.2, 0.25) is 0 Å². The van der Waals surface area contributed by atoms with Crippen LogP contribution in [0.4, 0.5) is 0 Å². The van der Waals surface area contributed by atoms with Crippen LogP contribution in [0.15, 0.2) is 12.2 Å². The minimum absolute atomic E-state index is 0.366. The van der Waals surface area contributed by atoms with E-state index < -0.39 is 6.72 Å². The van der Waals surface area contributed by atoms with Gasteiger partial charge >= 0.3 is 6.72 Å². The van der Waals surface area contributed by atoms with Gasteiger partial charge in [0.15, 0.2) is 0 Å². The van der Waals surface area contributed by atoms with Gasteiger partial charge in [0.1, 0.15) is 0 Å². The highest BCUT2D eigenvalue weighted by Gasteiger charge is 2.05. The summed E-state index contributed by atoms with van der Waals surface area (Å²) in [4.78, 5) is 17.7. The molecule has 0 heterocycles. The highest BCUT2D eigenvalue weighted by molar-refractivity contribution is 8.06. The summed E-state index contributed by atoms with van der Waals surface area (Å²) in [7, 11) is 0. The minimum atomic E-state index is -3.42. The predicted molar refractivity (Wildman–Crippen MR) is 85.7 cm³/mol. The van der Waals surface area contributed by atoms with Gasteiger partial charge in [0.2, 0.25) is 0 Å². The van der Waals surface area contributed by atoms with Crippen molar-refractivity contribution in [3.63, 3.8) is 0 Å². The van der Waals surface area contributed by atoms with E-state index in [9.17, 15) is 0 Å². The molecule has 5 heteroatoms. The van der Waals surface area contributed by atoms with Gasteiger partial charge in [0.25, 0.3) is 0 Å². The molecule has 0 amide bonds. The van der Waals surface area contributed by atoms with E-state index >= 15 is 0 Å². The Kier molecular flexibility index (Phi) is 13.5. The van der Waals surface area contributed by atoms with Crippen LogP contribution < -0.4 is 0 Å². The Labute approximate surface area is 123 Å². The molecule has 0 aromatic carbocycles. The van der Waals surface area contributed by atoms with Crippen molar-refractivity contribution in [1.29, 1.82) is 0 Å². The molecule has 0 aliphatic rings. The molecule has 0 aromatic rings. The molecular weight excluding hydrogens is 279 g/mol. The first-order valence-electron chi connectivity index (χ1n) is 7.41. The van der Waals surface area contributed by atoms with Gasteiger partial charge in [-0.15, -0.1) is 0 Å². The van der Waals surface area contributed by atoms with E-state index in [1.807, 2.05) is 0 Å². The van der Waals surface area contributed by atoms with Crippen LogP contribution >= 0.6 is 6.72 Å². The molecule has 0 bridgehead atoms. The van der Waals surface area contributed by atoms with E-state index in [0.29, 0.717) is 6.61 Å². The predicted octanol–water partition coefficient (Wildman–Crippen LogP) is 4.69. The monoisotopic (exact) mass is 308 g/mol. The van der Waals surface area contributed by atoms with Gasteiger partial charge in [-0.25, -0.2) is 0 Å². The van der Waals surface area contributed by atoms with Gasteiger partial charge in [-0.05, 0) is 37.5 Å². The smallest absolute Gasteiger partial charge is 0.321 e. The Balaban J connectivity index is 3.11. The summed E-state index contributed by atoms with van der Waals surface area (Å²) in [6.45, 7) is -0.838. The first-order valence-corrected chi connectivity index (χ1v) is 10.0. The van der Waals surface area contributed by atoms with E-state index in [0.717, 1.165) is 12.8 Å². The van der Waals surface area contributed by atoms with Crippen molar-refractivity contribution < 1.29 is 14.3 Å². The Morgan fingerprint density at radius 1 is 0.895 bits per heavy atom. The van der Waals surface area contributed by atoms with Gasteiger partial charge in [0.05, 0.1) is 6.61 Å². The molecule has 0 fully saturated rings. The second kappa shape index (κ2) is 13.3. The molecule has 19 heavy (non-hydrogen) atoms. The van der Waals surface area contributed by atoms with Gasteiger partial charge in [-0.3, -0.25) is 0 Å². The Morgan fingerprint density at radius 2 is 1.42 bits per heavy atom. The van der Waals surface area contributed by atoms with Crippen LogP contribution in [0.1, 0.15) is 71.1 Å². The molecule has 0 saturated heterocycles. The molecular formula is C14H29O3PS. The number of hydrogen-bond acceptors (Lipinski definition) is 2. The third kappa shape index (κ3) is 18.3. The Hall–Kier alpha value is 0.270. The van der Waals surface area contributed by atoms with Crippen molar-refractivity contribution in [3.05, 3.63) is 12.2 Å². The molecule has 3 nitrogen and oxygen atoms in total. The second-order valence-corrected chi connectivity index (χ2v) is 7.51. The van der Waals surface area contributed by atoms with Gasteiger partial charge < -0.3 is 14.3 Å². The summed E-state index contributed by atoms with van der Waals surface area (Å²) in [5.74, 6) is 0. The van der Waals surface area contributed by atoms with Gasteiger partial charge in [0, 0.05) is 0 Å². The van der Waals surface area contributed by atoms with Crippen LogP contribution in [-0.4, -0.2) is 16.4 Å². The number of rotatable bonds is 13. The normalized spacial score (nSPS) is 12.4. The highest BCUT2D eigenvalue weighted by Crippen LogP contribution is 2.36. The number of hydrogen-bond donors (Lipinski definition) is 2. The lowest BCUT2D eigenvalue weighted by atomic mass is 10.1. The average molecular weight is 308 g/mol. The zero-order chi connectivity index (χ0) is 14.4. The molecule has 0 atom stereocenters. The van der Waals surface area contributed by atoms with Crippen molar-refractivity contribution in [2.75, 3.05) is 6.61 Å². The standard InChI is InChI=1S/C14H29O3PS/c1-2-3-4-5-6-7-8-9-10-11-12-13-14-17-18(15,16)19/h5-6H,2-4,7-14H2,1H3,(H2,15,16,19). The summed E-state index contributed by atoms with van der Waals surface area (Å²) in [5, 5.41) is 0. The second-order valence-electron chi connectivity index (χ2n) is 4.85.